The molecule has 2 aromatic rings. The maximum absolute atomic E-state index is 13.2. The molecule has 1 aliphatic rings. The van der Waals surface area contributed by atoms with Gasteiger partial charge in [-0.1, -0.05) is 18.2 Å². The summed E-state index contributed by atoms with van der Waals surface area (Å²) in [6.45, 7) is 1.33. The second kappa shape index (κ2) is 11.0. The molecule has 5 nitrogen and oxygen atoms in total. The molecule has 3 N–H and O–H groups in total. The van der Waals surface area contributed by atoms with E-state index in [0.717, 1.165) is 23.6 Å². The van der Waals surface area contributed by atoms with Crippen LogP contribution in [0.3, 0.4) is 0 Å². The first kappa shape index (κ1) is 22.2. The first-order chi connectivity index (χ1) is 13.1. The van der Waals surface area contributed by atoms with Crippen LogP contribution in [0.1, 0.15) is 22.3 Å². The lowest BCUT2D eigenvalue weighted by Gasteiger charge is -2.22. The Hall–Kier alpha value is -2.09. The highest BCUT2D eigenvalue weighted by Crippen LogP contribution is 2.14. The van der Waals surface area contributed by atoms with Crippen molar-refractivity contribution in [1.82, 2.24) is 10.6 Å². The molecule has 1 saturated heterocycles. The fourth-order valence-electron chi connectivity index (χ4n) is 2.84. The third-order valence-electron chi connectivity index (χ3n) is 4.19. The first-order valence-electron chi connectivity index (χ1n) is 8.84. The molecule has 0 aromatic heterocycles. The Morgan fingerprint density at radius 2 is 2.00 bits per heavy atom. The van der Waals surface area contributed by atoms with Gasteiger partial charge in [0, 0.05) is 48.3 Å². The van der Waals surface area contributed by atoms with E-state index in [2.05, 4.69) is 16.0 Å². The van der Waals surface area contributed by atoms with Crippen LogP contribution < -0.4 is 16.0 Å². The number of hydrogen-bond acceptors (Lipinski definition) is 4. The van der Waals surface area contributed by atoms with Crippen LogP contribution in [0.15, 0.2) is 48.5 Å². The topological polar surface area (TPSA) is 70.2 Å². The largest absolute Gasteiger partial charge is 0.352 e. The Bertz CT molecular complexity index is 816. The van der Waals surface area contributed by atoms with Gasteiger partial charge in [-0.05, 0) is 35.9 Å². The highest BCUT2D eigenvalue weighted by atomic mass is 35.5. The molecule has 2 aromatic carbocycles. The van der Waals surface area contributed by atoms with Gasteiger partial charge in [-0.2, -0.15) is 11.8 Å². The molecule has 28 heavy (non-hydrogen) atoms. The molecule has 0 spiro atoms. The number of rotatable bonds is 6. The number of halogens is 2. The van der Waals surface area contributed by atoms with Crippen molar-refractivity contribution in [3.05, 3.63) is 65.5 Å². The molecule has 1 unspecified atom stereocenters. The van der Waals surface area contributed by atoms with Crippen LogP contribution in [0.4, 0.5) is 10.1 Å². The zero-order valence-electron chi connectivity index (χ0n) is 15.2. The molecule has 1 heterocycles. The molecule has 150 valence electrons. The van der Waals surface area contributed by atoms with Gasteiger partial charge >= 0.3 is 0 Å². The SMILES string of the molecule is Cl.O=C(CC1CSCCN1)NCc1cccc(NC(=O)c2cccc(F)c2)c1. The van der Waals surface area contributed by atoms with Crippen LogP contribution in [0.5, 0.6) is 0 Å². The Kier molecular flexibility index (Phi) is 8.76. The Labute approximate surface area is 174 Å². The van der Waals surface area contributed by atoms with Crippen LogP contribution in [0.2, 0.25) is 0 Å². The minimum absolute atomic E-state index is 0. The van der Waals surface area contributed by atoms with Crippen LogP contribution in [0.25, 0.3) is 0 Å². The van der Waals surface area contributed by atoms with Crippen molar-refractivity contribution in [3.8, 4) is 0 Å². The fraction of sp³-hybridized carbons (Fsp3) is 0.300. The van der Waals surface area contributed by atoms with Crippen LogP contribution in [0, 0.1) is 5.82 Å². The third kappa shape index (κ3) is 6.82. The summed E-state index contributed by atoms with van der Waals surface area (Å²) in [4.78, 5) is 24.3. The fourth-order valence-corrected chi connectivity index (χ4v) is 3.79. The highest BCUT2D eigenvalue weighted by molar-refractivity contribution is 7.99. The minimum Gasteiger partial charge on any atom is -0.352 e. The van der Waals surface area contributed by atoms with Crippen molar-refractivity contribution in [2.75, 3.05) is 23.4 Å². The van der Waals surface area contributed by atoms with Crippen molar-refractivity contribution < 1.29 is 14.0 Å². The van der Waals surface area contributed by atoms with E-state index < -0.39 is 5.82 Å². The van der Waals surface area contributed by atoms with E-state index in [0.29, 0.717) is 18.7 Å². The quantitative estimate of drug-likeness (QED) is 0.667. The Morgan fingerprint density at radius 1 is 1.18 bits per heavy atom. The number of nitrogens with one attached hydrogen (secondary N) is 3. The molecule has 1 fully saturated rings. The van der Waals surface area contributed by atoms with Crippen molar-refractivity contribution in [1.29, 1.82) is 0 Å². The first-order valence-corrected chi connectivity index (χ1v) is 9.99. The predicted molar refractivity (Wildman–Crippen MR) is 114 cm³/mol. The summed E-state index contributed by atoms with van der Waals surface area (Å²) in [5.41, 5.74) is 1.74. The van der Waals surface area contributed by atoms with Gasteiger partial charge in [0.1, 0.15) is 5.82 Å². The lowest BCUT2D eigenvalue weighted by atomic mass is 10.1. The van der Waals surface area contributed by atoms with Gasteiger partial charge in [-0.25, -0.2) is 4.39 Å². The summed E-state index contributed by atoms with van der Waals surface area (Å²) >= 11 is 1.86. The summed E-state index contributed by atoms with van der Waals surface area (Å²) in [7, 11) is 0. The molecule has 0 bridgehead atoms. The Morgan fingerprint density at radius 3 is 2.75 bits per heavy atom. The highest BCUT2D eigenvalue weighted by Gasteiger charge is 2.16. The predicted octanol–water partition coefficient (Wildman–Crippen LogP) is 3.21. The number of carbonyl (C=O) groups excluding carboxylic acids is 2. The van der Waals surface area contributed by atoms with Crippen molar-refractivity contribution >= 4 is 41.7 Å². The summed E-state index contributed by atoms with van der Waals surface area (Å²) in [6.07, 6.45) is 0.461. The number of anilines is 1. The van der Waals surface area contributed by atoms with Crippen LogP contribution in [-0.2, 0) is 11.3 Å². The van der Waals surface area contributed by atoms with Crippen LogP contribution >= 0.6 is 24.2 Å². The Balaban J connectivity index is 0.00000280. The van der Waals surface area contributed by atoms with Crippen LogP contribution in [-0.4, -0.2) is 35.9 Å². The minimum atomic E-state index is -0.454. The molecular weight excluding hydrogens is 401 g/mol. The lowest BCUT2D eigenvalue weighted by molar-refractivity contribution is -0.121. The van der Waals surface area contributed by atoms with E-state index in [4.69, 9.17) is 0 Å². The number of carbonyl (C=O) groups is 2. The summed E-state index contributed by atoms with van der Waals surface area (Å²) in [6, 6.07) is 13.0. The molecular formula is C20H23ClFN3O2S. The summed E-state index contributed by atoms with van der Waals surface area (Å²) in [5, 5.41) is 9.01. The molecule has 2 amide bonds. The second-order valence-electron chi connectivity index (χ2n) is 6.37. The zero-order chi connectivity index (χ0) is 19.1. The smallest absolute Gasteiger partial charge is 0.255 e. The van der Waals surface area contributed by atoms with E-state index >= 15 is 0 Å². The van der Waals surface area contributed by atoms with E-state index in [1.54, 1.807) is 18.2 Å². The van der Waals surface area contributed by atoms with E-state index in [-0.39, 0.29) is 35.8 Å². The molecule has 1 aliphatic heterocycles. The van der Waals surface area contributed by atoms with E-state index in [9.17, 15) is 14.0 Å². The molecule has 0 radical (unpaired) electrons. The van der Waals surface area contributed by atoms with Gasteiger partial charge in [0.05, 0.1) is 0 Å². The number of benzene rings is 2. The van der Waals surface area contributed by atoms with Gasteiger partial charge < -0.3 is 16.0 Å². The number of amides is 2. The van der Waals surface area contributed by atoms with Crippen molar-refractivity contribution in [3.63, 3.8) is 0 Å². The van der Waals surface area contributed by atoms with Crippen molar-refractivity contribution in [2.45, 2.75) is 19.0 Å². The number of hydrogen-bond donors (Lipinski definition) is 3. The second-order valence-corrected chi connectivity index (χ2v) is 7.52. The third-order valence-corrected chi connectivity index (χ3v) is 5.32. The standard InChI is InChI=1S/C20H22FN3O2S.ClH/c21-16-5-2-4-15(10-16)20(26)24-17-6-1-3-14(9-17)12-23-19(25)11-18-13-27-8-7-22-18;/h1-6,9-10,18,22H,7-8,11-13H2,(H,23,25)(H,24,26);1H. The normalized spacial score (nSPS) is 16.0. The van der Waals surface area contributed by atoms with Gasteiger partial charge in [-0.3, -0.25) is 9.59 Å². The molecule has 0 saturated carbocycles. The monoisotopic (exact) mass is 423 g/mol. The lowest BCUT2D eigenvalue weighted by Crippen LogP contribution is -2.41. The maximum atomic E-state index is 13.2. The van der Waals surface area contributed by atoms with E-state index in [1.807, 2.05) is 23.9 Å². The summed E-state index contributed by atoms with van der Waals surface area (Å²) < 4.78 is 13.2. The molecule has 8 heteroatoms. The van der Waals surface area contributed by atoms with Crippen molar-refractivity contribution in [2.24, 2.45) is 0 Å². The van der Waals surface area contributed by atoms with Gasteiger partial charge in [0.15, 0.2) is 0 Å². The van der Waals surface area contributed by atoms with Gasteiger partial charge in [-0.15, -0.1) is 12.4 Å². The molecule has 1 atom stereocenters. The van der Waals surface area contributed by atoms with Gasteiger partial charge in [0.2, 0.25) is 5.91 Å². The summed E-state index contributed by atoms with van der Waals surface area (Å²) in [5.74, 6) is 1.21. The maximum Gasteiger partial charge on any atom is 0.255 e. The average molecular weight is 424 g/mol. The number of thioether (sulfide) groups is 1. The van der Waals surface area contributed by atoms with Gasteiger partial charge in [0.25, 0.3) is 5.91 Å². The zero-order valence-corrected chi connectivity index (χ0v) is 16.9. The molecule has 3 rings (SSSR count). The average Bonchev–Trinajstić information content (AvgIpc) is 2.67. The van der Waals surface area contributed by atoms with E-state index in [1.165, 1.54) is 18.2 Å². The molecule has 0 aliphatic carbocycles.